The van der Waals surface area contributed by atoms with Crippen molar-refractivity contribution in [2.75, 3.05) is 13.6 Å². The molecule has 2 N–H and O–H groups in total. The first-order valence-electron chi connectivity index (χ1n) is 8.80. The lowest BCUT2D eigenvalue weighted by atomic mass is 10.0. The van der Waals surface area contributed by atoms with Crippen LogP contribution in [0.15, 0.2) is 36.5 Å². The number of carbonyl (C=O) groups excluding carboxylic acids is 2. The summed E-state index contributed by atoms with van der Waals surface area (Å²) in [5.41, 5.74) is 4.45. The van der Waals surface area contributed by atoms with Gasteiger partial charge in [-0.3, -0.25) is 14.7 Å². The van der Waals surface area contributed by atoms with E-state index >= 15 is 0 Å². The first kappa shape index (κ1) is 17.5. The highest BCUT2D eigenvalue weighted by molar-refractivity contribution is 7.14. The van der Waals surface area contributed by atoms with Gasteiger partial charge < -0.3 is 10.2 Å². The minimum atomic E-state index is -0.0798. The van der Waals surface area contributed by atoms with Gasteiger partial charge >= 0.3 is 0 Å². The van der Waals surface area contributed by atoms with Crippen LogP contribution in [0.4, 0.5) is 0 Å². The van der Waals surface area contributed by atoms with E-state index in [2.05, 4.69) is 15.5 Å². The Morgan fingerprint density at radius 2 is 2.15 bits per heavy atom. The van der Waals surface area contributed by atoms with Crippen LogP contribution in [0.2, 0.25) is 0 Å². The van der Waals surface area contributed by atoms with Crippen molar-refractivity contribution in [3.8, 4) is 11.3 Å². The highest BCUT2D eigenvalue weighted by Crippen LogP contribution is 2.30. The van der Waals surface area contributed by atoms with E-state index in [0.717, 1.165) is 28.8 Å². The molecule has 0 atom stereocenters. The zero-order chi connectivity index (χ0) is 19.0. The second-order valence-corrected chi connectivity index (χ2v) is 7.78. The molecule has 0 saturated carbocycles. The maximum absolute atomic E-state index is 13.1. The SMILES string of the molecule is CNC(=O)c1cc2c(s1)CCN(C(=O)c1cn[nH]c1-c1cccc(C)c1)C2. The lowest BCUT2D eigenvalue weighted by Crippen LogP contribution is -2.35. The first-order valence-corrected chi connectivity index (χ1v) is 9.62. The molecule has 6 nitrogen and oxygen atoms in total. The Labute approximate surface area is 161 Å². The number of aryl methyl sites for hydroxylation is 1. The fourth-order valence-corrected chi connectivity index (χ4v) is 4.49. The van der Waals surface area contributed by atoms with Gasteiger partial charge in [0.1, 0.15) is 0 Å². The quantitative estimate of drug-likeness (QED) is 0.733. The smallest absolute Gasteiger partial charge is 0.261 e. The van der Waals surface area contributed by atoms with Gasteiger partial charge in [0, 0.05) is 30.6 Å². The second kappa shape index (κ2) is 7.00. The number of aromatic amines is 1. The molecule has 1 aromatic carbocycles. The zero-order valence-electron chi connectivity index (χ0n) is 15.2. The van der Waals surface area contributed by atoms with Gasteiger partial charge in [0.15, 0.2) is 0 Å². The summed E-state index contributed by atoms with van der Waals surface area (Å²) in [6, 6.07) is 9.90. The number of rotatable bonds is 3. The molecule has 27 heavy (non-hydrogen) atoms. The fraction of sp³-hybridized carbons (Fsp3) is 0.250. The fourth-order valence-electron chi connectivity index (χ4n) is 3.38. The van der Waals surface area contributed by atoms with Gasteiger partial charge in [0.05, 0.1) is 22.3 Å². The van der Waals surface area contributed by atoms with Crippen LogP contribution in [0.25, 0.3) is 11.3 Å². The molecule has 0 aliphatic carbocycles. The van der Waals surface area contributed by atoms with Crippen LogP contribution < -0.4 is 5.32 Å². The highest BCUT2D eigenvalue weighted by atomic mass is 32.1. The van der Waals surface area contributed by atoms with Crippen LogP contribution in [-0.4, -0.2) is 40.5 Å². The molecule has 0 spiro atoms. The van der Waals surface area contributed by atoms with Crippen molar-refractivity contribution in [3.63, 3.8) is 0 Å². The van der Waals surface area contributed by atoms with Gasteiger partial charge in [-0.25, -0.2) is 0 Å². The summed E-state index contributed by atoms with van der Waals surface area (Å²) in [6.45, 7) is 3.17. The molecular weight excluding hydrogens is 360 g/mol. The van der Waals surface area contributed by atoms with Gasteiger partial charge in [0.2, 0.25) is 0 Å². The summed E-state index contributed by atoms with van der Waals surface area (Å²) in [5, 5.41) is 9.73. The number of carbonyl (C=O) groups is 2. The van der Waals surface area contributed by atoms with E-state index in [1.54, 1.807) is 13.2 Å². The van der Waals surface area contributed by atoms with Crippen molar-refractivity contribution >= 4 is 23.2 Å². The monoisotopic (exact) mass is 380 g/mol. The minimum absolute atomic E-state index is 0.0430. The van der Waals surface area contributed by atoms with E-state index in [4.69, 9.17) is 0 Å². The second-order valence-electron chi connectivity index (χ2n) is 6.64. The number of amides is 2. The Bertz CT molecular complexity index is 1020. The maximum Gasteiger partial charge on any atom is 0.261 e. The summed E-state index contributed by atoms with van der Waals surface area (Å²) in [4.78, 5) is 28.7. The van der Waals surface area contributed by atoms with Crippen molar-refractivity contribution in [1.82, 2.24) is 20.4 Å². The van der Waals surface area contributed by atoms with Crippen LogP contribution in [0.3, 0.4) is 0 Å². The molecule has 1 aliphatic rings. The van der Waals surface area contributed by atoms with Crippen molar-refractivity contribution in [1.29, 1.82) is 0 Å². The minimum Gasteiger partial charge on any atom is -0.354 e. The number of thiophene rings is 1. The Hall–Kier alpha value is -2.93. The summed E-state index contributed by atoms with van der Waals surface area (Å²) < 4.78 is 0. The predicted octanol–water partition coefficient (Wildman–Crippen LogP) is 3.00. The topological polar surface area (TPSA) is 78.1 Å². The Morgan fingerprint density at radius 3 is 2.93 bits per heavy atom. The number of benzene rings is 1. The average molecular weight is 380 g/mol. The molecular formula is C20H20N4O2S. The molecule has 7 heteroatoms. The molecule has 0 radical (unpaired) electrons. The molecule has 3 aromatic rings. The number of hydrogen-bond donors (Lipinski definition) is 2. The van der Waals surface area contributed by atoms with E-state index < -0.39 is 0 Å². The number of aromatic nitrogens is 2. The van der Waals surface area contributed by atoms with Crippen molar-refractivity contribution in [3.05, 3.63) is 63.0 Å². The molecule has 0 fully saturated rings. The van der Waals surface area contributed by atoms with Crippen LogP contribution in [-0.2, 0) is 13.0 Å². The molecule has 2 amide bonds. The first-order chi connectivity index (χ1) is 13.1. The van der Waals surface area contributed by atoms with E-state index in [1.165, 1.54) is 16.2 Å². The molecule has 0 bridgehead atoms. The Balaban J connectivity index is 1.59. The summed E-state index contributed by atoms with van der Waals surface area (Å²) in [7, 11) is 1.63. The van der Waals surface area contributed by atoms with Gasteiger partial charge in [-0.05, 0) is 31.0 Å². The van der Waals surface area contributed by atoms with Crippen molar-refractivity contribution < 1.29 is 9.59 Å². The molecule has 2 aromatic heterocycles. The number of hydrogen-bond acceptors (Lipinski definition) is 4. The van der Waals surface area contributed by atoms with Gasteiger partial charge in [-0.1, -0.05) is 23.8 Å². The molecule has 4 rings (SSSR count). The van der Waals surface area contributed by atoms with E-state index in [1.807, 2.05) is 42.2 Å². The lowest BCUT2D eigenvalue weighted by Gasteiger charge is -2.27. The highest BCUT2D eigenvalue weighted by Gasteiger charge is 2.27. The summed E-state index contributed by atoms with van der Waals surface area (Å²) in [6.07, 6.45) is 2.36. The third kappa shape index (κ3) is 3.26. The third-order valence-electron chi connectivity index (χ3n) is 4.78. The zero-order valence-corrected chi connectivity index (χ0v) is 16.0. The number of nitrogens with zero attached hydrogens (tertiary/aromatic N) is 2. The molecule has 3 heterocycles. The molecule has 138 valence electrons. The third-order valence-corrected chi connectivity index (χ3v) is 6.02. The van der Waals surface area contributed by atoms with E-state index in [9.17, 15) is 9.59 Å². The number of fused-ring (bicyclic) bond motifs is 1. The van der Waals surface area contributed by atoms with Crippen LogP contribution in [0.1, 0.15) is 36.0 Å². The normalized spacial score (nSPS) is 13.3. The Kier molecular flexibility index (Phi) is 4.53. The predicted molar refractivity (Wildman–Crippen MR) is 105 cm³/mol. The van der Waals surface area contributed by atoms with Gasteiger partial charge in [-0.2, -0.15) is 5.10 Å². The molecule has 0 saturated heterocycles. The van der Waals surface area contributed by atoms with E-state index in [0.29, 0.717) is 23.5 Å². The molecule has 0 unspecified atom stereocenters. The summed E-state index contributed by atoms with van der Waals surface area (Å²) in [5.74, 6) is -0.123. The standard InChI is InChI=1S/C20H20N4O2S/c1-12-4-3-5-13(8-12)18-15(10-22-23-18)20(26)24-7-6-16-14(11-24)9-17(27-16)19(25)21-2/h3-5,8-10H,6-7,11H2,1-2H3,(H,21,25)(H,22,23). The van der Waals surface area contributed by atoms with Crippen LogP contribution in [0, 0.1) is 6.92 Å². The van der Waals surface area contributed by atoms with Crippen LogP contribution in [0.5, 0.6) is 0 Å². The van der Waals surface area contributed by atoms with Gasteiger partial charge in [0.25, 0.3) is 11.8 Å². The van der Waals surface area contributed by atoms with Crippen LogP contribution >= 0.6 is 11.3 Å². The number of nitrogens with one attached hydrogen (secondary N) is 2. The van der Waals surface area contributed by atoms with E-state index in [-0.39, 0.29) is 11.8 Å². The summed E-state index contributed by atoms with van der Waals surface area (Å²) >= 11 is 1.51. The van der Waals surface area contributed by atoms with Crippen molar-refractivity contribution in [2.24, 2.45) is 0 Å². The largest absolute Gasteiger partial charge is 0.354 e. The van der Waals surface area contributed by atoms with Crippen molar-refractivity contribution in [2.45, 2.75) is 19.9 Å². The lowest BCUT2D eigenvalue weighted by molar-refractivity contribution is 0.0736. The Morgan fingerprint density at radius 1 is 1.30 bits per heavy atom. The van der Waals surface area contributed by atoms with Gasteiger partial charge in [-0.15, -0.1) is 11.3 Å². The number of H-pyrrole nitrogens is 1. The average Bonchev–Trinajstić information content (AvgIpc) is 3.33. The maximum atomic E-state index is 13.1. The molecule has 1 aliphatic heterocycles.